The van der Waals surface area contributed by atoms with Gasteiger partial charge in [-0.1, -0.05) is 6.07 Å². The number of anilines is 2. The van der Waals surface area contributed by atoms with Crippen molar-refractivity contribution in [1.29, 1.82) is 0 Å². The minimum Gasteiger partial charge on any atom is -0.399 e. The second-order valence-electron chi connectivity index (χ2n) is 4.64. The van der Waals surface area contributed by atoms with Gasteiger partial charge in [0.05, 0.1) is 11.3 Å². The van der Waals surface area contributed by atoms with Crippen LogP contribution >= 0.6 is 15.9 Å². The number of carbonyl (C=O) groups excluding carboxylic acids is 1. The molecule has 104 valence electrons. The number of nitrogen functional groups attached to an aromatic ring is 1. The summed E-state index contributed by atoms with van der Waals surface area (Å²) in [5, 5.41) is 2.68. The molecule has 0 heterocycles. The van der Waals surface area contributed by atoms with Gasteiger partial charge in [0, 0.05) is 10.2 Å². The number of nitrogens with two attached hydrogens (primary N) is 1. The number of aryl methyl sites for hydroxylation is 2. The van der Waals surface area contributed by atoms with Crippen molar-refractivity contribution in [1.82, 2.24) is 0 Å². The van der Waals surface area contributed by atoms with E-state index in [2.05, 4.69) is 21.2 Å². The highest BCUT2D eigenvalue weighted by atomic mass is 79.9. The van der Waals surface area contributed by atoms with Gasteiger partial charge in [-0.15, -0.1) is 0 Å². The average molecular weight is 337 g/mol. The Bertz CT molecular complexity index is 686. The fourth-order valence-corrected chi connectivity index (χ4v) is 2.23. The van der Waals surface area contributed by atoms with Crippen LogP contribution in [0.15, 0.2) is 34.8 Å². The van der Waals surface area contributed by atoms with E-state index in [-0.39, 0.29) is 5.56 Å². The highest BCUT2D eigenvalue weighted by Gasteiger charge is 2.15. The van der Waals surface area contributed by atoms with Crippen molar-refractivity contribution in [2.24, 2.45) is 0 Å². The number of carbonyl (C=O) groups is 1. The molecule has 3 N–H and O–H groups in total. The predicted octanol–water partition coefficient (Wildman–Crippen LogP) is 4.04. The van der Waals surface area contributed by atoms with Gasteiger partial charge in [-0.3, -0.25) is 4.79 Å². The quantitative estimate of drug-likeness (QED) is 0.813. The van der Waals surface area contributed by atoms with Crippen LogP contribution in [0.4, 0.5) is 15.8 Å². The third-order valence-electron chi connectivity index (χ3n) is 2.89. The van der Waals surface area contributed by atoms with E-state index in [4.69, 9.17) is 5.73 Å². The molecule has 2 aromatic carbocycles. The van der Waals surface area contributed by atoms with E-state index in [9.17, 15) is 9.18 Å². The molecule has 0 bridgehead atoms. The van der Waals surface area contributed by atoms with Gasteiger partial charge in [-0.2, -0.15) is 0 Å². The van der Waals surface area contributed by atoms with Crippen LogP contribution in [0, 0.1) is 19.7 Å². The third-order valence-corrected chi connectivity index (χ3v) is 3.58. The topological polar surface area (TPSA) is 55.1 Å². The molecule has 5 heteroatoms. The lowest BCUT2D eigenvalue weighted by Gasteiger charge is -2.10. The molecule has 0 saturated carbocycles. The Morgan fingerprint density at radius 3 is 2.65 bits per heavy atom. The number of rotatable bonds is 2. The molecule has 0 spiro atoms. The first-order chi connectivity index (χ1) is 9.38. The van der Waals surface area contributed by atoms with Crippen molar-refractivity contribution in [2.45, 2.75) is 13.8 Å². The molecule has 20 heavy (non-hydrogen) atoms. The lowest BCUT2D eigenvalue weighted by atomic mass is 10.1. The van der Waals surface area contributed by atoms with Crippen molar-refractivity contribution < 1.29 is 9.18 Å². The lowest BCUT2D eigenvalue weighted by Crippen LogP contribution is -2.15. The summed E-state index contributed by atoms with van der Waals surface area (Å²) in [5.74, 6) is -1.08. The van der Waals surface area contributed by atoms with E-state index in [0.29, 0.717) is 16.9 Å². The Labute approximate surface area is 125 Å². The molecule has 0 saturated heterocycles. The van der Waals surface area contributed by atoms with Crippen LogP contribution in [-0.2, 0) is 0 Å². The largest absolute Gasteiger partial charge is 0.399 e. The Hall–Kier alpha value is -1.88. The zero-order chi connectivity index (χ0) is 14.9. The minimum atomic E-state index is -0.555. The smallest absolute Gasteiger partial charge is 0.258 e. The summed E-state index contributed by atoms with van der Waals surface area (Å²) in [6.07, 6.45) is 0. The summed E-state index contributed by atoms with van der Waals surface area (Å²) in [5.41, 5.74) is 7.89. The normalized spacial score (nSPS) is 10.4. The van der Waals surface area contributed by atoms with E-state index < -0.39 is 11.7 Å². The lowest BCUT2D eigenvalue weighted by molar-refractivity contribution is 0.102. The van der Waals surface area contributed by atoms with Crippen LogP contribution in [-0.4, -0.2) is 5.91 Å². The van der Waals surface area contributed by atoms with E-state index in [1.807, 2.05) is 19.1 Å². The molecule has 0 fully saturated rings. The average Bonchev–Trinajstić information content (AvgIpc) is 2.38. The number of hydrogen-bond acceptors (Lipinski definition) is 2. The van der Waals surface area contributed by atoms with Crippen molar-refractivity contribution in [3.8, 4) is 0 Å². The van der Waals surface area contributed by atoms with Gasteiger partial charge in [0.25, 0.3) is 5.91 Å². The second-order valence-corrected chi connectivity index (χ2v) is 5.49. The molecule has 1 amide bonds. The molecule has 0 aromatic heterocycles. The van der Waals surface area contributed by atoms with Crippen LogP contribution < -0.4 is 11.1 Å². The first kappa shape index (κ1) is 14.5. The van der Waals surface area contributed by atoms with Gasteiger partial charge in [0.2, 0.25) is 0 Å². The Morgan fingerprint density at radius 1 is 1.25 bits per heavy atom. The van der Waals surface area contributed by atoms with Crippen LogP contribution in [0.2, 0.25) is 0 Å². The Kier molecular flexibility index (Phi) is 4.09. The SMILES string of the molecule is Cc1ccc(Br)c(NC(=O)c2cc(N)cc(C)c2F)c1. The zero-order valence-corrected chi connectivity index (χ0v) is 12.7. The summed E-state index contributed by atoms with van der Waals surface area (Å²) < 4.78 is 14.7. The van der Waals surface area contributed by atoms with E-state index in [0.717, 1.165) is 10.0 Å². The van der Waals surface area contributed by atoms with Gasteiger partial charge in [0.15, 0.2) is 0 Å². The highest BCUT2D eigenvalue weighted by molar-refractivity contribution is 9.10. The zero-order valence-electron chi connectivity index (χ0n) is 11.1. The standard InChI is InChI=1S/C15H14BrFN2O/c1-8-3-4-12(16)13(5-8)19-15(20)11-7-10(18)6-9(2)14(11)17/h3-7H,18H2,1-2H3,(H,19,20). The number of amides is 1. The Morgan fingerprint density at radius 2 is 1.95 bits per heavy atom. The van der Waals surface area contributed by atoms with E-state index in [1.165, 1.54) is 12.1 Å². The van der Waals surface area contributed by atoms with Crippen molar-refractivity contribution >= 4 is 33.2 Å². The van der Waals surface area contributed by atoms with Crippen LogP contribution in [0.25, 0.3) is 0 Å². The van der Waals surface area contributed by atoms with Gasteiger partial charge >= 0.3 is 0 Å². The maximum atomic E-state index is 14.0. The molecule has 0 unspecified atom stereocenters. The molecule has 0 radical (unpaired) electrons. The van der Waals surface area contributed by atoms with E-state index in [1.54, 1.807) is 13.0 Å². The van der Waals surface area contributed by atoms with Gasteiger partial charge < -0.3 is 11.1 Å². The molecule has 0 aliphatic heterocycles. The number of nitrogens with one attached hydrogen (secondary N) is 1. The molecular formula is C15H14BrFN2O. The molecular weight excluding hydrogens is 323 g/mol. The number of halogens is 2. The fraction of sp³-hybridized carbons (Fsp3) is 0.133. The van der Waals surface area contributed by atoms with Crippen LogP contribution in [0.5, 0.6) is 0 Å². The van der Waals surface area contributed by atoms with E-state index >= 15 is 0 Å². The van der Waals surface area contributed by atoms with Gasteiger partial charge in [-0.05, 0) is 65.2 Å². The molecule has 0 atom stereocenters. The van der Waals surface area contributed by atoms with Crippen molar-refractivity contribution in [3.63, 3.8) is 0 Å². The maximum absolute atomic E-state index is 14.0. The fourth-order valence-electron chi connectivity index (χ4n) is 1.89. The predicted molar refractivity (Wildman–Crippen MR) is 82.4 cm³/mol. The summed E-state index contributed by atoms with van der Waals surface area (Å²) in [4.78, 5) is 12.2. The third kappa shape index (κ3) is 2.99. The second kappa shape index (κ2) is 5.63. The maximum Gasteiger partial charge on any atom is 0.258 e. The summed E-state index contributed by atoms with van der Waals surface area (Å²) in [6.45, 7) is 3.48. The molecule has 2 aromatic rings. The first-order valence-corrected chi connectivity index (χ1v) is 6.81. The molecule has 0 aliphatic carbocycles. The first-order valence-electron chi connectivity index (χ1n) is 6.01. The van der Waals surface area contributed by atoms with Gasteiger partial charge in [0.1, 0.15) is 5.82 Å². The van der Waals surface area contributed by atoms with Crippen LogP contribution in [0.1, 0.15) is 21.5 Å². The summed E-state index contributed by atoms with van der Waals surface area (Å²) in [7, 11) is 0. The van der Waals surface area contributed by atoms with Crippen molar-refractivity contribution in [3.05, 3.63) is 57.3 Å². The number of benzene rings is 2. The van der Waals surface area contributed by atoms with Gasteiger partial charge in [-0.25, -0.2) is 4.39 Å². The molecule has 2 rings (SSSR count). The Balaban J connectivity index is 2.35. The highest BCUT2D eigenvalue weighted by Crippen LogP contribution is 2.25. The number of hydrogen-bond donors (Lipinski definition) is 2. The molecule has 3 nitrogen and oxygen atoms in total. The van der Waals surface area contributed by atoms with Crippen LogP contribution in [0.3, 0.4) is 0 Å². The summed E-state index contributed by atoms with van der Waals surface area (Å²) in [6, 6.07) is 8.37. The minimum absolute atomic E-state index is 0.0593. The summed E-state index contributed by atoms with van der Waals surface area (Å²) >= 11 is 3.35. The molecule has 0 aliphatic rings. The monoisotopic (exact) mass is 336 g/mol. The van der Waals surface area contributed by atoms with Crippen molar-refractivity contribution in [2.75, 3.05) is 11.1 Å².